The third-order valence-electron chi connectivity index (χ3n) is 5.04. The largest absolute Gasteiger partial charge is 0.487 e. The Labute approximate surface area is 120 Å². The molecular weight excluding hydrogens is 253 g/mol. The molecule has 1 aromatic carbocycles. The molecule has 0 radical (unpaired) electrons. The fourth-order valence-corrected chi connectivity index (χ4v) is 3.70. The van der Waals surface area contributed by atoms with E-state index in [0.717, 1.165) is 37.7 Å². The summed E-state index contributed by atoms with van der Waals surface area (Å²) >= 11 is 0. The van der Waals surface area contributed by atoms with E-state index in [9.17, 15) is 4.39 Å². The number of halogens is 1. The van der Waals surface area contributed by atoms with Gasteiger partial charge in [-0.25, -0.2) is 4.39 Å². The van der Waals surface area contributed by atoms with Crippen molar-refractivity contribution in [1.29, 1.82) is 0 Å². The highest BCUT2D eigenvalue weighted by atomic mass is 19.1. The van der Waals surface area contributed by atoms with Gasteiger partial charge in [0.25, 0.3) is 0 Å². The first kappa shape index (κ1) is 13.9. The molecule has 1 spiro atoms. The molecule has 1 heterocycles. The van der Waals surface area contributed by atoms with Crippen LogP contribution in [0.2, 0.25) is 0 Å². The van der Waals surface area contributed by atoms with E-state index in [-0.39, 0.29) is 17.5 Å². The Balaban J connectivity index is 1.90. The van der Waals surface area contributed by atoms with E-state index in [0.29, 0.717) is 11.2 Å². The summed E-state index contributed by atoms with van der Waals surface area (Å²) in [4.78, 5) is 0. The first-order chi connectivity index (χ1) is 9.39. The molecule has 0 saturated heterocycles. The lowest BCUT2D eigenvalue weighted by Gasteiger charge is -2.41. The number of hydrogen-bond donors (Lipinski definition) is 1. The Hall–Kier alpha value is -1.09. The van der Waals surface area contributed by atoms with Gasteiger partial charge in [0.2, 0.25) is 0 Å². The Kier molecular flexibility index (Phi) is 3.28. The van der Waals surface area contributed by atoms with Crippen LogP contribution < -0.4 is 10.5 Å². The maximum atomic E-state index is 13.5. The highest BCUT2D eigenvalue weighted by molar-refractivity contribution is 5.39. The van der Waals surface area contributed by atoms with Crippen molar-refractivity contribution in [2.75, 3.05) is 0 Å². The van der Waals surface area contributed by atoms with E-state index < -0.39 is 0 Å². The molecule has 20 heavy (non-hydrogen) atoms. The molecule has 2 atom stereocenters. The SMILES string of the molecule is CC1(C)CCCC2(CC1)CC(N)c1ccc(F)cc1O2. The zero-order valence-electron chi connectivity index (χ0n) is 12.4. The lowest BCUT2D eigenvalue weighted by Crippen LogP contribution is -2.42. The first-order valence-corrected chi connectivity index (χ1v) is 7.63. The van der Waals surface area contributed by atoms with Crippen LogP contribution in [0.4, 0.5) is 4.39 Å². The first-order valence-electron chi connectivity index (χ1n) is 7.63. The van der Waals surface area contributed by atoms with Crippen LogP contribution >= 0.6 is 0 Å². The minimum atomic E-state index is -0.248. The molecule has 110 valence electrons. The van der Waals surface area contributed by atoms with Gasteiger partial charge in [-0.05, 0) is 43.6 Å². The normalized spacial score (nSPS) is 32.3. The van der Waals surface area contributed by atoms with Crippen molar-refractivity contribution in [2.24, 2.45) is 11.1 Å². The molecule has 2 nitrogen and oxygen atoms in total. The number of ether oxygens (including phenoxy) is 1. The summed E-state index contributed by atoms with van der Waals surface area (Å²) in [5.74, 6) is 0.408. The van der Waals surface area contributed by atoms with Crippen LogP contribution in [0.5, 0.6) is 5.75 Å². The number of rotatable bonds is 0. The second-order valence-corrected chi connectivity index (χ2v) is 7.30. The van der Waals surface area contributed by atoms with Crippen LogP contribution in [0.3, 0.4) is 0 Å². The van der Waals surface area contributed by atoms with Crippen molar-refractivity contribution in [1.82, 2.24) is 0 Å². The predicted octanol–water partition coefficient (Wildman–Crippen LogP) is 4.34. The van der Waals surface area contributed by atoms with Crippen molar-refractivity contribution in [3.8, 4) is 5.75 Å². The maximum absolute atomic E-state index is 13.5. The molecule has 1 aromatic rings. The molecule has 2 N–H and O–H groups in total. The highest BCUT2D eigenvalue weighted by Gasteiger charge is 2.42. The standard InChI is InChI=1S/C17H24FNO/c1-16(2)6-3-7-17(9-8-16)11-14(19)13-5-4-12(18)10-15(13)20-17/h4-5,10,14H,3,6-9,11,19H2,1-2H3. The van der Waals surface area contributed by atoms with Crippen LogP contribution in [-0.2, 0) is 0 Å². The van der Waals surface area contributed by atoms with Gasteiger partial charge in [0.1, 0.15) is 17.2 Å². The van der Waals surface area contributed by atoms with Gasteiger partial charge in [0.15, 0.2) is 0 Å². The molecule has 0 aromatic heterocycles. The summed E-state index contributed by atoms with van der Waals surface area (Å²) in [5.41, 5.74) is 7.45. The third-order valence-corrected chi connectivity index (χ3v) is 5.04. The highest BCUT2D eigenvalue weighted by Crippen LogP contribution is 2.47. The van der Waals surface area contributed by atoms with Crippen molar-refractivity contribution in [3.05, 3.63) is 29.6 Å². The molecule has 0 amide bonds. The Morgan fingerprint density at radius 1 is 1.20 bits per heavy atom. The number of fused-ring (bicyclic) bond motifs is 1. The van der Waals surface area contributed by atoms with Gasteiger partial charge in [0.05, 0.1) is 0 Å². The van der Waals surface area contributed by atoms with E-state index in [1.807, 2.05) is 0 Å². The van der Waals surface area contributed by atoms with Crippen molar-refractivity contribution in [2.45, 2.75) is 64.0 Å². The van der Waals surface area contributed by atoms with E-state index in [1.54, 1.807) is 6.07 Å². The van der Waals surface area contributed by atoms with Crippen molar-refractivity contribution < 1.29 is 9.13 Å². The predicted molar refractivity (Wildman–Crippen MR) is 78.2 cm³/mol. The van der Waals surface area contributed by atoms with E-state index in [4.69, 9.17) is 10.5 Å². The summed E-state index contributed by atoms with van der Waals surface area (Å²) < 4.78 is 19.7. The van der Waals surface area contributed by atoms with Crippen LogP contribution in [0.25, 0.3) is 0 Å². The van der Waals surface area contributed by atoms with Crippen LogP contribution in [0, 0.1) is 11.2 Å². The number of hydrogen-bond acceptors (Lipinski definition) is 2. The van der Waals surface area contributed by atoms with Crippen LogP contribution in [-0.4, -0.2) is 5.60 Å². The van der Waals surface area contributed by atoms with Crippen molar-refractivity contribution in [3.63, 3.8) is 0 Å². The quantitative estimate of drug-likeness (QED) is 0.765. The molecule has 3 rings (SSSR count). The average molecular weight is 277 g/mol. The number of benzene rings is 1. The van der Waals surface area contributed by atoms with E-state index in [1.165, 1.54) is 18.6 Å². The third kappa shape index (κ3) is 2.56. The summed E-state index contributed by atoms with van der Waals surface area (Å²) in [5, 5.41) is 0. The fourth-order valence-electron chi connectivity index (χ4n) is 3.70. The molecule has 1 aliphatic carbocycles. The van der Waals surface area contributed by atoms with E-state index >= 15 is 0 Å². The Bertz CT molecular complexity index is 514. The molecule has 2 unspecified atom stereocenters. The zero-order valence-corrected chi connectivity index (χ0v) is 12.4. The van der Waals surface area contributed by atoms with Crippen molar-refractivity contribution >= 4 is 0 Å². The number of nitrogens with two attached hydrogens (primary N) is 1. The smallest absolute Gasteiger partial charge is 0.127 e. The Morgan fingerprint density at radius 3 is 2.80 bits per heavy atom. The maximum Gasteiger partial charge on any atom is 0.127 e. The van der Waals surface area contributed by atoms with Gasteiger partial charge in [0, 0.05) is 24.1 Å². The average Bonchev–Trinajstić information content (AvgIpc) is 2.49. The lowest BCUT2D eigenvalue weighted by molar-refractivity contribution is 0.0186. The molecule has 0 bridgehead atoms. The second kappa shape index (κ2) is 4.73. The summed E-state index contributed by atoms with van der Waals surface area (Å²) in [6.07, 6.45) is 6.42. The van der Waals surface area contributed by atoms with Gasteiger partial charge < -0.3 is 10.5 Å². The molecule has 1 aliphatic heterocycles. The lowest BCUT2D eigenvalue weighted by atomic mass is 9.80. The molecule has 2 aliphatic rings. The minimum Gasteiger partial charge on any atom is -0.487 e. The van der Waals surface area contributed by atoms with Gasteiger partial charge in [-0.3, -0.25) is 0 Å². The fraction of sp³-hybridized carbons (Fsp3) is 0.647. The second-order valence-electron chi connectivity index (χ2n) is 7.30. The summed E-state index contributed by atoms with van der Waals surface area (Å²) in [6.45, 7) is 4.64. The molecule has 1 saturated carbocycles. The van der Waals surface area contributed by atoms with Gasteiger partial charge in [-0.1, -0.05) is 19.9 Å². The monoisotopic (exact) mass is 277 g/mol. The Morgan fingerprint density at radius 2 is 2.00 bits per heavy atom. The summed E-state index contributed by atoms with van der Waals surface area (Å²) in [7, 11) is 0. The van der Waals surface area contributed by atoms with Crippen LogP contribution in [0.15, 0.2) is 18.2 Å². The van der Waals surface area contributed by atoms with E-state index in [2.05, 4.69) is 13.8 Å². The minimum absolute atomic E-state index is 0.0411. The zero-order chi connectivity index (χ0) is 14.4. The van der Waals surface area contributed by atoms with Gasteiger partial charge in [-0.15, -0.1) is 0 Å². The van der Waals surface area contributed by atoms with Gasteiger partial charge in [-0.2, -0.15) is 0 Å². The van der Waals surface area contributed by atoms with Crippen LogP contribution in [0.1, 0.15) is 64.0 Å². The molecular formula is C17H24FNO. The summed E-state index contributed by atoms with van der Waals surface area (Å²) in [6, 6.07) is 4.69. The van der Waals surface area contributed by atoms with Gasteiger partial charge >= 0.3 is 0 Å². The topological polar surface area (TPSA) is 35.2 Å². The molecule has 1 fully saturated rings. The molecule has 3 heteroatoms.